The van der Waals surface area contributed by atoms with Crippen LogP contribution in [-0.4, -0.2) is 41.5 Å². The summed E-state index contributed by atoms with van der Waals surface area (Å²) in [7, 11) is 0. The van der Waals surface area contributed by atoms with Gasteiger partial charge in [0.1, 0.15) is 0 Å². The number of carbonyl (C=O) groups excluding carboxylic acids is 1. The highest BCUT2D eigenvalue weighted by molar-refractivity contribution is 5.81. The number of carboxylic acid groups (broad SMARTS) is 1. The Hall–Kier alpha value is -1.10. The van der Waals surface area contributed by atoms with Crippen molar-refractivity contribution in [3.05, 3.63) is 0 Å². The zero-order valence-corrected chi connectivity index (χ0v) is 12.3. The number of amides is 1. The molecule has 0 aliphatic carbocycles. The molecule has 1 fully saturated rings. The smallest absolute Gasteiger partial charge is 0.308 e. The second kappa shape index (κ2) is 5.90. The van der Waals surface area contributed by atoms with Gasteiger partial charge in [0, 0.05) is 19.6 Å². The lowest BCUT2D eigenvalue weighted by atomic mass is 9.84. The van der Waals surface area contributed by atoms with Gasteiger partial charge < -0.3 is 15.7 Å². The fourth-order valence-electron chi connectivity index (χ4n) is 2.74. The lowest BCUT2D eigenvalue weighted by molar-refractivity contribution is -0.142. The first kappa shape index (κ1) is 16.0. The lowest BCUT2D eigenvalue weighted by Gasteiger charge is -2.28. The largest absolute Gasteiger partial charge is 0.481 e. The van der Waals surface area contributed by atoms with Crippen molar-refractivity contribution in [2.24, 2.45) is 28.9 Å². The molecule has 0 aromatic carbocycles. The van der Waals surface area contributed by atoms with Gasteiger partial charge in [0.25, 0.3) is 0 Å². The number of carbonyl (C=O) groups is 2. The molecule has 1 amide bonds. The van der Waals surface area contributed by atoms with Gasteiger partial charge in [-0.25, -0.2) is 0 Å². The van der Waals surface area contributed by atoms with E-state index in [1.54, 1.807) is 4.90 Å². The summed E-state index contributed by atoms with van der Waals surface area (Å²) in [5.41, 5.74) is 5.75. The van der Waals surface area contributed by atoms with E-state index in [4.69, 9.17) is 10.8 Å². The summed E-state index contributed by atoms with van der Waals surface area (Å²) in [4.78, 5) is 25.2. The summed E-state index contributed by atoms with van der Waals surface area (Å²) in [6.07, 6.45) is 0.727. The van der Waals surface area contributed by atoms with Gasteiger partial charge in [0.15, 0.2) is 0 Å². The molecule has 3 atom stereocenters. The number of rotatable bonds is 4. The van der Waals surface area contributed by atoms with Crippen molar-refractivity contribution in [2.45, 2.75) is 34.1 Å². The lowest BCUT2D eigenvalue weighted by Crippen LogP contribution is -2.40. The third-order valence-electron chi connectivity index (χ3n) is 3.73. The molecule has 1 rings (SSSR count). The fraction of sp³-hybridized carbons (Fsp3) is 0.857. The van der Waals surface area contributed by atoms with Crippen molar-refractivity contribution < 1.29 is 14.7 Å². The van der Waals surface area contributed by atoms with E-state index in [9.17, 15) is 9.59 Å². The van der Waals surface area contributed by atoms with Crippen molar-refractivity contribution in [2.75, 3.05) is 19.6 Å². The fourth-order valence-corrected chi connectivity index (χ4v) is 2.74. The Morgan fingerprint density at radius 2 is 1.95 bits per heavy atom. The van der Waals surface area contributed by atoms with E-state index < -0.39 is 11.9 Å². The van der Waals surface area contributed by atoms with Crippen molar-refractivity contribution in [3.8, 4) is 0 Å². The molecule has 1 saturated heterocycles. The maximum Gasteiger partial charge on any atom is 0.308 e. The Bertz CT molecular complexity index is 349. The minimum Gasteiger partial charge on any atom is -0.481 e. The Morgan fingerprint density at radius 3 is 2.32 bits per heavy atom. The molecule has 0 aromatic rings. The number of hydrogen-bond acceptors (Lipinski definition) is 3. The highest BCUT2D eigenvalue weighted by atomic mass is 16.4. The average Bonchev–Trinajstić information content (AvgIpc) is 2.66. The minimum atomic E-state index is -0.817. The summed E-state index contributed by atoms with van der Waals surface area (Å²) in [6, 6.07) is 0. The standard InChI is InChI=1S/C14H26N2O3/c1-9-7-16(8-11(9)13(18)19)12(17)10(6-15)5-14(2,3)4/h9-11H,5-8,15H2,1-4H3,(H,18,19). The van der Waals surface area contributed by atoms with Crippen LogP contribution in [0.3, 0.4) is 0 Å². The molecule has 0 bridgehead atoms. The quantitative estimate of drug-likeness (QED) is 0.803. The summed E-state index contributed by atoms with van der Waals surface area (Å²) in [5, 5.41) is 9.10. The van der Waals surface area contributed by atoms with Crippen molar-refractivity contribution >= 4 is 11.9 Å². The summed E-state index contributed by atoms with van der Waals surface area (Å²) in [5.74, 6) is -1.46. The van der Waals surface area contributed by atoms with Crippen LogP contribution in [0.1, 0.15) is 34.1 Å². The van der Waals surface area contributed by atoms with Gasteiger partial charge in [0.05, 0.1) is 11.8 Å². The molecular weight excluding hydrogens is 244 g/mol. The Labute approximate surface area is 115 Å². The third kappa shape index (κ3) is 4.20. The summed E-state index contributed by atoms with van der Waals surface area (Å²) >= 11 is 0. The van der Waals surface area contributed by atoms with Gasteiger partial charge in [-0.15, -0.1) is 0 Å². The van der Waals surface area contributed by atoms with E-state index >= 15 is 0 Å². The van der Waals surface area contributed by atoms with E-state index in [0.717, 1.165) is 6.42 Å². The van der Waals surface area contributed by atoms with Gasteiger partial charge in [-0.2, -0.15) is 0 Å². The van der Waals surface area contributed by atoms with Crippen molar-refractivity contribution in [1.29, 1.82) is 0 Å². The number of likely N-dealkylation sites (tertiary alicyclic amines) is 1. The van der Waals surface area contributed by atoms with Gasteiger partial charge in [-0.1, -0.05) is 27.7 Å². The van der Waals surface area contributed by atoms with Gasteiger partial charge in [-0.3, -0.25) is 9.59 Å². The first-order valence-corrected chi connectivity index (χ1v) is 6.87. The zero-order chi connectivity index (χ0) is 14.8. The maximum absolute atomic E-state index is 12.4. The molecular formula is C14H26N2O3. The van der Waals surface area contributed by atoms with Crippen LogP contribution in [0.2, 0.25) is 0 Å². The van der Waals surface area contributed by atoms with E-state index in [2.05, 4.69) is 20.8 Å². The van der Waals surface area contributed by atoms with Crippen LogP contribution in [0.4, 0.5) is 0 Å². The Kier molecular flexibility index (Phi) is 4.96. The average molecular weight is 270 g/mol. The zero-order valence-electron chi connectivity index (χ0n) is 12.3. The normalized spacial score (nSPS) is 25.4. The van der Waals surface area contributed by atoms with Crippen LogP contribution in [0.15, 0.2) is 0 Å². The predicted molar refractivity (Wildman–Crippen MR) is 73.5 cm³/mol. The summed E-state index contributed by atoms with van der Waals surface area (Å²) in [6.45, 7) is 9.28. The number of aliphatic carboxylic acids is 1. The molecule has 1 aliphatic rings. The molecule has 1 aliphatic heterocycles. The molecule has 110 valence electrons. The van der Waals surface area contributed by atoms with E-state index in [1.807, 2.05) is 6.92 Å². The van der Waals surface area contributed by atoms with E-state index in [1.165, 1.54) is 0 Å². The second-order valence-corrected chi connectivity index (χ2v) is 6.86. The van der Waals surface area contributed by atoms with Crippen molar-refractivity contribution in [3.63, 3.8) is 0 Å². The van der Waals surface area contributed by atoms with Crippen LogP contribution >= 0.6 is 0 Å². The van der Waals surface area contributed by atoms with Gasteiger partial charge in [0.2, 0.25) is 5.91 Å². The number of carboxylic acids is 1. The highest BCUT2D eigenvalue weighted by Crippen LogP contribution is 2.29. The van der Waals surface area contributed by atoms with Crippen molar-refractivity contribution in [1.82, 2.24) is 4.90 Å². The van der Waals surface area contributed by atoms with Crippen LogP contribution in [0, 0.1) is 23.2 Å². The Morgan fingerprint density at radius 1 is 1.37 bits per heavy atom. The second-order valence-electron chi connectivity index (χ2n) is 6.86. The van der Waals surface area contributed by atoms with Crippen LogP contribution < -0.4 is 5.73 Å². The molecule has 5 heteroatoms. The number of nitrogens with zero attached hydrogens (tertiary/aromatic N) is 1. The first-order valence-electron chi connectivity index (χ1n) is 6.87. The molecule has 0 saturated carbocycles. The number of nitrogens with two attached hydrogens (primary N) is 1. The summed E-state index contributed by atoms with van der Waals surface area (Å²) < 4.78 is 0. The Balaban J connectivity index is 2.70. The maximum atomic E-state index is 12.4. The van der Waals surface area contributed by atoms with Gasteiger partial charge in [-0.05, 0) is 17.8 Å². The van der Waals surface area contributed by atoms with E-state index in [-0.39, 0.29) is 23.2 Å². The molecule has 0 spiro atoms. The van der Waals surface area contributed by atoms with Gasteiger partial charge >= 0.3 is 5.97 Å². The monoisotopic (exact) mass is 270 g/mol. The topological polar surface area (TPSA) is 83.6 Å². The SMILES string of the molecule is CC1CN(C(=O)C(CN)CC(C)(C)C)CC1C(=O)O. The molecule has 0 radical (unpaired) electrons. The molecule has 3 unspecified atom stereocenters. The molecule has 3 N–H and O–H groups in total. The first-order chi connectivity index (χ1) is 8.65. The molecule has 5 nitrogen and oxygen atoms in total. The minimum absolute atomic E-state index is 0.00743. The van der Waals surface area contributed by atoms with Crippen LogP contribution in [-0.2, 0) is 9.59 Å². The highest BCUT2D eigenvalue weighted by Gasteiger charge is 2.39. The molecule has 0 aromatic heterocycles. The third-order valence-corrected chi connectivity index (χ3v) is 3.73. The number of hydrogen-bond donors (Lipinski definition) is 2. The van der Waals surface area contributed by atoms with Crippen LogP contribution in [0.25, 0.3) is 0 Å². The molecule has 19 heavy (non-hydrogen) atoms. The van der Waals surface area contributed by atoms with E-state index in [0.29, 0.717) is 19.6 Å². The predicted octanol–water partition coefficient (Wildman–Crippen LogP) is 1.18. The molecule has 1 heterocycles. The van der Waals surface area contributed by atoms with Crippen LogP contribution in [0.5, 0.6) is 0 Å².